The second-order valence-corrected chi connectivity index (χ2v) is 20.6. The molecule has 2 aromatic heterocycles. The zero-order valence-electron chi connectivity index (χ0n) is 38.1. The summed E-state index contributed by atoms with van der Waals surface area (Å²) in [7, 11) is 0. The molecule has 3 aromatic carbocycles. The van der Waals surface area contributed by atoms with Gasteiger partial charge in [-0.1, -0.05) is 182 Å². The molecule has 0 amide bonds. The van der Waals surface area contributed by atoms with Gasteiger partial charge in [0.05, 0.1) is 0 Å². The molecule has 2 heterocycles. The second kappa shape index (κ2) is 22.0. The highest BCUT2D eigenvalue weighted by Crippen LogP contribution is 2.65. The van der Waals surface area contributed by atoms with Crippen LogP contribution in [0.5, 0.6) is 0 Å². The van der Waals surface area contributed by atoms with Crippen molar-refractivity contribution in [2.45, 2.75) is 218 Å². The molecule has 2 aliphatic carbocycles. The fourth-order valence-electron chi connectivity index (χ4n) is 11.5. The minimum absolute atomic E-state index is 0.314. The van der Waals surface area contributed by atoms with Crippen LogP contribution in [0.2, 0.25) is 0 Å². The van der Waals surface area contributed by atoms with Gasteiger partial charge in [0, 0.05) is 53.2 Å². The summed E-state index contributed by atoms with van der Waals surface area (Å²) in [6.45, 7) is 8.96. The first kappa shape index (κ1) is 47.2. The molecule has 6 nitrogen and oxygen atoms in total. The molecule has 0 fully saturated rings. The van der Waals surface area contributed by atoms with Crippen molar-refractivity contribution in [2.24, 2.45) is 0 Å². The fourth-order valence-corrected chi connectivity index (χ4v) is 12.5. The topological polar surface area (TPSA) is 77.8 Å². The van der Waals surface area contributed by atoms with E-state index in [1.54, 1.807) is 0 Å². The quantitative estimate of drug-likeness (QED) is 0.0465. The van der Waals surface area contributed by atoms with Crippen LogP contribution >= 0.6 is 31.9 Å². The zero-order chi connectivity index (χ0) is 43.7. The van der Waals surface area contributed by atoms with Gasteiger partial charge in [-0.3, -0.25) is 0 Å². The van der Waals surface area contributed by atoms with Crippen LogP contribution in [-0.2, 0) is 10.8 Å². The number of rotatable bonds is 28. The SMILES string of the molecule is CCCCCCCCC1(CCCCCCCC)c2cc(Br)c3nonc3c2-c2c(F)c3c(c(F)c21)-c1c(cc(Br)c2nonc12)C3(CCCCCCCC)CCCCCCCC. The van der Waals surface area contributed by atoms with Gasteiger partial charge in [0.2, 0.25) is 0 Å². The van der Waals surface area contributed by atoms with E-state index >= 15 is 8.78 Å². The molecule has 2 aliphatic rings. The number of fused-ring (bicyclic) bond motifs is 10. The van der Waals surface area contributed by atoms with Crippen LogP contribution in [0.4, 0.5) is 8.78 Å². The third-order valence-electron chi connectivity index (χ3n) is 14.7. The first-order valence-corrected chi connectivity index (χ1v) is 26.4. The van der Waals surface area contributed by atoms with E-state index in [-0.39, 0.29) is 11.6 Å². The molecule has 0 bridgehead atoms. The molecule has 0 N–H and O–H groups in total. The fraction of sp³-hybridized carbons (Fsp3) is 0.654. The Bertz CT molecular complexity index is 2080. The Morgan fingerprint density at radius 3 is 0.984 bits per heavy atom. The number of aromatic nitrogens is 4. The Balaban J connectivity index is 1.47. The molecule has 0 unspecified atom stereocenters. The van der Waals surface area contributed by atoms with Gasteiger partial charge >= 0.3 is 0 Å². The van der Waals surface area contributed by atoms with Crippen LogP contribution in [0.25, 0.3) is 44.3 Å². The lowest BCUT2D eigenvalue weighted by Crippen LogP contribution is -2.29. The third-order valence-corrected chi connectivity index (χ3v) is 15.9. The van der Waals surface area contributed by atoms with Gasteiger partial charge < -0.3 is 0 Å². The van der Waals surface area contributed by atoms with Crippen LogP contribution < -0.4 is 0 Å². The van der Waals surface area contributed by atoms with Crippen LogP contribution in [0.1, 0.15) is 230 Å². The molecule has 0 saturated heterocycles. The summed E-state index contributed by atoms with van der Waals surface area (Å²) in [5, 5.41) is 17.6. The summed E-state index contributed by atoms with van der Waals surface area (Å²) in [6, 6.07) is 4.20. The maximum absolute atomic E-state index is 19.2. The number of hydrogen-bond acceptors (Lipinski definition) is 6. The molecule has 10 heteroatoms. The Kier molecular flexibility index (Phi) is 16.7. The molecular formula is C52H70Br2F2N4O2. The Hall–Kier alpha value is -2.72. The summed E-state index contributed by atoms with van der Waals surface area (Å²) in [5.74, 6) is -0.628. The summed E-state index contributed by atoms with van der Waals surface area (Å²) in [6.07, 6.45) is 29.6. The largest absolute Gasteiger partial charge is 0.243 e. The number of halogens is 4. The number of nitrogens with zero attached hydrogens (tertiary/aromatic N) is 4. The number of benzene rings is 3. The van der Waals surface area contributed by atoms with Crippen molar-refractivity contribution in [3.8, 4) is 22.3 Å². The average molecular weight is 981 g/mol. The summed E-state index contributed by atoms with van der Waals surface area (Å²) >= 11 is 7.66. The average Bonchev–Trinajstić information content (AvgIpc) is 4.07. The molecule has 0 saturated carbocycles. The van der Waals surface area contributed by atoms with Crippen LogP contribution in [0, 0.1) is 11.6 Å². The number of hydrogen-bond donors (Lipinski definition) is 0. The van der Waals surface area contributed by atoms with Gasteiger partial charge in [0.1, 0.15) is 33.7 Å². The Labute approximate surface area is 386 Å². The molecule has 7 rings (SSSR count). The minimum atomic E-state index is -0.768. The van der Waals surface area contributed by atoms with Crippen molar-refractivity contribution in [3.63, 3.8) is 0 Å². The standard InChI is InChI=1S/C52H70Br2F2N4O2/c1-5-9-13-17-21-25-29-51(30-26-22-18-14-10-6-2)35-33-37(53)47-49(59-61-57-47)39(35)41-43(51)45(55)42-40-36(34-38(54)48-50(40)60-62-58-48)52(44(42)46(41)56,31-27-23-19-15-11-7-3)32-28-24-20-16-12-8-4/h33-34H,5-32H2,1-4H3. The van der Waals surface area contributed by atoms with Crippen molar-refractivity contribution in [1.82, 2.24) is 20.6 Å². The molecule has 0 radical (unpaired) electrons. The van der Waals surface area contributed by atoms with Crippen LogP contribution in [-0.4, -0.2) is 20.6 Å². The van der Waals surface area contributed by atoms with Crippen LogP contribution in [0.15, 0.2) is 30.3 Å². The first-order valence-electron chi connectivity index (χ1n) is 24.8. The van der Waals surface area contributed by atoms with E-state index in [9.17, 15) is 0 Å². The normalized spacial score (nSPS) is 14.6. The molecule has 0 atom stereocenters. The summed E-state index contributed by atoms with van der Waals surface area (Å²) in [5.41, 5.74) is 5.49. The first-order chi connectivity index (χ1) is 30.3. The van der Waals surface area contributed by atoms with Gasteiger partial charge in [-0.25, -0.2) is 18.0 Å². The Morgan fingerprint density at radius 1 is 0.403 bits per heavy atom. The molecule has 338 valence electrons. The number of unbranched alkanes of at least 4 members (excludes halogenated alkanes) is 20. The monoisotopic (exact) mass is 978 g/mol. The van der Waals surface area contributed by atoms with E-state index < -0.39 is 10.8 Å². The molecule has 62 heavy (non-hydrogen) atoms. The van der Waals surface area contributed by atoms with E-state index in [2.05, 4.69) is 92.3 Å². The lowest BCUT2D eigenvalue weighted by Gasteiger charge is -2.35. The van der Waals surface area contributed by atoms with Crippen molar-refractivity contribution >= 4 is 53.9 Å². The summed E-state index contributed by atoms with van der Waals surface area (Å²) in [4.78, 5) is 0. The predicted molar refractivity (Wildman–Crippen MR) is 257 cm³/mol. The van der Waals surface area contributed by atoms with Crippen molar-refractivity contribution in [3.05, 3.63) is 55.0 Å². The predicted octanol–water partition coefficient (Wildman–Crippen LogP) is 18.1. The van der Waals surface area contributed by atoms with Crippen molar-refractivity contribution in [2.75, 3.05) is 0 Å². The highest BCUT2D eigenvalue weighted by atomic mass is 79.9. The molecular weight excluding hydrogens is 910 g/mol. The van der Waals surface area contributed by atoms with E-state index in [0.29, 0.717) is 55.4 Å². The van der Waals surface area contributed by atoms with Gasteiger partial charge in [0.25, 0.3) is 0 Å². The van der Waals surface area contributed by atoms with Crippen molar-refractivity contribution < 1.29 is 18.0 Å². The smallest absolute Gasteiger partial charge is 0.150 e. The van der Waals surface area contributed by atoms with Crippen LogP contribution in [0.3, 0.4) is 0 Å². The maximum Gasteiger partial charge on any atom is 0.150 e. The second-order valence-electron chi connectivity index (χ2n) is 18.8. The molecule has 0 spiro atoms. The highest BCUT2D eigenvalue weighted by molar-refractivity contribution is 9.11. The Morgan fingerprint density at radius 2 is 0.677 bits per heavy atom. The lowest BCUT2D eigenvalue weighted by atomic mass is 9.68. The highest BCUT2D eigenvalue weighted by Gasteiger charge is 2.55. The van der Waals surface area contributed by atoms with E-state index in [1.807, 2.05) is 0 Å². The third kappa shape index (κ3) is 9.09. The van der Waals surface area contributed by atoms with Crippen molar-refractivity contribution in [1.29, 1.82) is 0 Å². The minimum Gasteiger partial charge on any atom is -0.243 e. The molecule has 5 aromatic rings. The summed E-state index contributed by atoms with van der Waals surface area (Å²) < 4.78 is 50.7. The van der Waals surface area contributed by atoms with E-state index in [4.69, 9.17) is 9.26 Å². The lowest BCUT2D eigenvalue weighted by molar-refractivity contribution is 0.315. The zero-order valence-corrected chi connectivity index (χ0v) is 41.2. The molecule has 0 aliphatic heterocycles. The van der Waals surface area contributed by atoms with E-state index in [0.717, 1.165) is 123 Å². The van der Waals surface area contributed by atoms with Gasteiger partial charge in [-0.05, 0) is 101 Å². The van der Waals surface area contributed by atoms with E-state index in [1.165, 1.54) is 77.0 Å². The maximum atomic E-state index is 19.2. The van der Waals surface area contributed by atoms with Gasteiger partial charge in [0.15, 0.2) is 0 Å². The van der Waals surface area contributed by atoms with Gasteiger partial charge in [-0.15, -0.1) is 0 Å². The van der Waals surface area contributed by atoms with Gasteiger partial charge in [-0.2, -0.15) is 0 Å².